The Morgan fingerprint density at radius 2 is 0.619 bits per heavy atom. The number of hydrogen-bond donors (Lipinski definition) is 0. The van der Waals surface area contributed by atoms with Gasteiger partial charge in [0.2, 0.25) is 0 Å². The van der Waals surface area contributed by atoms with Crippen LogP contribution >= 0.6 is 0 Å². The minimum absolute atomic E-state index is 0.0947. The number of esters is 3. The fourth-order valence-electron chi connectivity index (χ4n) is 7.23. The van der Waals surface area contributed by atoms with Gasteiger partial charge in [0.15, 0.2) is 6.10 Å². The lowest BCUT2D eigenvalue weighted by Crippen LogP contribution is -2.30. The van der Waals surface area contributed by atoms with Crippen molar-refractivity contribution in [2.75, 3.05) is 13.2 Å². The van der Waals surface area contributed by atoms with E-state index in [2.05, 4.69) is 93.7 Å². The second kappa shape index (κ2) is 51.5. The Kier molecular flexibility index (Phi) is 48.9. The van der Waals surface area contributed by atoms with Crippen LogP contribution in [0.25, 0.3) is 0 Å². The van der Waals surface area contributed by atoms with Gasteiger partial charge in [-0.25, -0.2) is 0 Å². The van der Waals surface area contributed by atoms with E-state index in [1.807, 2.05) is 0 Å². The maximum Gasteiger partial charge on any atom is 0.306 e. The van der Waals surface area contributed by atoms with Crippen molar-refractivity contribution in [1.82, 2.24) is 0 Å². The first-order chi connectivity index (χ1) is 31.0. The number of rotatable bonds is 47. The summed E-state index contributed by atoms with van der Waals surface area (Å²) in [7, 11) is 0. The van der Waals surface area contributed by atoms with Gasteiger partial charge in [-0.1, -0.05) is 216 Å². The van der Waals surface area contributed by atoms with Crippen LogP contribution in [0.1, 0.15) is 252 Å². The standard InChI is InChI=1S/C57H98O6/c1-4-7-10-13-16-19-22-25-28-31-34-37-40-43-46-49-55(58)61-52-54(63-57(60)51-48-45-42-39-36-33-30-27-24-21-18-15-12-9-6-3)53-62-56(59)50-47-44-41-38-35-32-29-26-23-20-17-14-11-8-5-2/h7,10,16,18-19,21,25,27-28,30,36,39,54H,4-6,8-9,11-15,17,20,22-24,26,29,31-35,37-38,40-53H2,1-3H3/b10-7-,19-16-,21-18-,28-25-,30-27-,39-36-/t54-/m0/s1. The maximum absolute atomic E-state index is 12.8. The molecule has 6 nitrogen and oxygen atoms in total. The van der Waals surface area contributed by atoms with Gasteiger partial charge in [0.05, 0.1) is 0 Å². The van der Waals surface area contributed by atoms with E-state index in [1.165, 1.54) is 103 Å². The molecule has 0 saturated carbocycles. The van der Waals surface area contributed by atoms with E-state index in [9.17, 15) is 14.4 Å². The molecule has 0 radical (unpaired) electrons. The van der Waals surface area contributed by atoms with E-state index < -0.39 is 6.10 Å². The van der Waals surface area contributed by atoms with Gasteiger partial charge in [0.1, 0.15) is 13.2 Å². The quantitative estimate of drug-likeness (QED) is 0.0262. The Balaban J connectivity index is 4.46. The minimum atomic E-state index is -0.800. The smallest absolute Gasteiger partial charge is 0.306 e. The molecule has 63 heavy (non-hydrogen) atoms. The molecule has 0 bridgehead atoms. The lowest BCUT2D eigenvalue weighted by Gasteiger charge is -2.18. The SMILES string of the molecule is CC/C=C\C/C=C\C/C=C\CCCCCCCC(=O)OC[C@@H](COC(=O)CCCCCCCCCCCCCCCCC)OC(=O)CCCC/C=C\C/C=C\C/C=C\CCCCC. The van der Waals surface area contributed by atoms with E-state index in [4.69, 9.17) is 14.2 Å². The topological polar surface area (TPSA) is 78.9 Å². The molecule has 0 aromatic carbocycles. The molecule has 0 aliphatic carbocycles. The Morgan fingerprint density at radius 3 is 1.03 bits per heavy atom. The zero-order valence-electron chi connectivity index (χ0n) is 41.3. The molecule has 0 unspecified atom stereocenters. The summed E-state index contributed by atoms with van der Waals surface area (Å²) in [6.07, 6.45) is 64.6. The van der Waals surface area contributed by atoms with Crippen molar-refractivity contribution in [2.45, 2.75) is 258 Å². The highest BCUT2D eigenvalue weighted by atomic mass is 16.6. The summed E-state index contributed by atoms with van der Waals surface area (Å²) in [5.74, 6) is -0.947. The largest absolute Gasteiger partial charge is 0.462 e. The molecule has 0 aliphatic heterocycles. The summed E-state index contributed by atoms with van der Waals surface area (Å²) in [6, 6.07) is 0. The molecule has 0 rings (SSSR count). The summed E-state index contributed by atoms with van der Waals surface area (Å²) < 4.78 is 16.8. The Labute approximate surface area is 389 Å². The maximum atomic E-state index is 12.8. The predicted octanol–water partition coefficient (Wildman–Crippen LogP) is 17.4. The highest BCUT2D eigenvalue weighted by Gasteiger charge is 2.19. The van der Waals surface area contributed by atoms with Crippen molar-refractivity contribution in [1.29, 1.82) is 0 Å². The van der Waals surface area contributed by atoms with Gasteiger partial charge in [-0.3, -0.25) is 14.4 Å². The lowest BCUT2D eigenvalue weighted by molar-refractivity contribution is -0.167. The van der Waals surface area contributed by atoms with Crippen molar-refractivity contribution in [3.8, 4) is 0 Å². The molecule has 0 heterocycles. The monoisotopic (exact) mass is 879 g/mol. The molecule has 0 N–H and O–H groups in total. The number of ether oxygens (including phenoxy) is 3. The zero-order chi connectivity index (χ0) is 45.8. The third-order valence-electron chi connectivity index (χ3n) is 11.2. The normalized spacial score (nSPS) is 12.6. The van der Waals surface area contributed by atoms with Crippen LogP contribution in [-0.4, -0.2) is 37.2 Å². The third-order valence-corrected chi connectivity index (χ3v) is 11.2. The Morgan fingerprint density at radius 1 is 0.333 bits per heavy atom. The number of carbonyl (C=O) groups excluding carboxylic acids is 3. The van der Waals surface area contributed by atoms with Crippen LogP contribution in [0.3, 0.4) is 0 Å². The van der Waals surface area contributed by atoms with Gasteiger partial charge in [-0.2, -0.15) is 0 Å². The molecule has 0 aliphatic rings. The fraction of sp³-hybridized carbons (Fsp3) is 0.737. The molecule has 0 amide bonds. The van der Waals surface area contributed by atoms with Crippen LogP contribution in [0.15, 0.2) is 72.9 Å². The zero-order valence-corrected chi connectivity index (χ0v) is 41.3. The average Bonchev–Trinajstić information content (AvgIpc) is 3.28. The number of hydrogen-bond acceptors (Lipinski definition) is 6. The number of unbranched alkanes of at least 4 members (excludes halogenated alkanes) is 24. The number of allylic oxidation sites excluding steroid dienone is 12. The molecule has 0 saturated heterocycles. The van der Waals surface area contributed by atoms with Gasteiger partial charge in [0, 0.05) is 19.3 Å². The molecule has 0 spiro atoms. The van der Waals surface area contributed by atoms with Crippen molar-refractivity contribution in [3.63, 3.8) is 0 Å². The summed E-state index contributed by atoms with van der Waals surface area (Å²) in [5.41, 5.74) is 0. The summed E-state index contributed by atoms with van der Waals surface area (Å²) >= 11 is 0. The highest BCUT2D eigenvalue weighted by molar-refractivity contribution is 5.71. The van der Waals surface area contributed by atoms with Gasteiger partial charge in [-0.05, 0) is 89.9 Å². The van der Waals surface area contributed by atoms with Crippen LogP contribution in [0.2, 0.25) is 0 Å². The first kappa shape index (κ1) is 59.9. The molecule has 6 heteroatoms. The molecule has 362 valence electrons. The van der Waals surface area contributed by atoms with Crippen LogP contribution in [0.5, 0.6) is 0 Å². The van der Waals surface area contributed by atoms with Crippen LogP contribution in [0, 0.1) is 0 Å². The molecule has 0 aromatic heterocycles. The second-order valence-corrected chi connectivity index (χ2v) is 17.4. The summed E-state index contributed by atoms with van der Waals surface area (Å²) in [6.45, 7) is 6.46. The molecular weight excluding hydrogens is 781 g/mol. The predicted molar refractivity (Wildman–Crippen MR) is 270 cm³/mol. The molecule has 0 fully saturated rings. The van der Waals surface area contributed by atoms with Gasteiger partial charge < -0.3 is 14.2 Å². The van der Waals surface area contributed by atoms with Crippen molar-refractivity contribution in [2.24, 2.45) is 0 Å². The molecule has 1 atom stereocenters. The van der Waals surface area contributed by atoms with Crippen molar-refractivity contribution in [3.05, 3.63) is 72.9 Å². The number of carbonyl (C=O) groups is 3. The first-order valence-corrected chi connectivity index (χ1v) is 26.4. The Hall–Kier alpha value is -3.15. The van der Waals surface area contributed by atoms with E-state index in [1.54, 1.807) is 0 Å². The van der Waals surface area contributed by atoms with E-state index in [0.717, 1.165) is 103 Å². The van der Waals surface area contributed by atoms with Crippen LogP contribution in [0.4, 0.5) is 0 Å². The van der Waals surface area contributed by atoms with E-state index >= 15 is 0 Å². The third kappa shape index (κ3) is 49.7. The first-order valence-electron chi connectivity index (χ1n) is 26.4. The molecule has 0 aromatic rings. The minimum Gasteiger partial charge on any atom is -0.462 e. The van der Waals surface area contributed by atoms with Crippen LogP contribution < -0.4 is 0 Å². The van der Waals surface area contributed by atoms with Crippen LogP contribution in [-0.2, 0) is 28.6 Å². The molecular formula is C57H98O6. The summed E-state index contributed by atoms with van der Waals surface area (Å²) in [5, 5.41) is 0. The Bertz CT molecular complexity index is 1190. The van der Waals surface area contributed by atoms with E-state index in [0.29, 0.717) is 19.3 Å². The van der Waals surface area contributed by atoms with Gasteiger partial charge >= 0.3 is 17.9 Å². The average molecular weight is 879 g/mol. The van der Waals surface area contributed by atoms with E-state index in [-0.39, 0.29) is 37.5 Å². The van der Waals surface area contributed by atoms with Crippen molar-refractivity contribution < 1.29 is 28.6 Å². The lowest BCUT2D eigenvalue weighted by atomic mass is 10.0. The van der Waals surface area contributed by atoms with Gasteiger partial charge in [-0.15, -0.1) is 0 Å². The summed E-state index contributed by atoms with van der Waals surface area (Å²) in [4.78, 5) is 38.0. The fourth-order valence-corrected chi connectivity index (χ4v) is 7.23. The highest BCUT2D eigenvalue weighted by Crippen LogP contribution is 2.15. The van der Waals surface area contributed by atoms with Crippen molar-refractivity contribution >= 4 is 17.9 Å². The van der Waals surface area contributed by atoms with Gasteiger partial charge in [0.25, 0.3) is 0 Å². The second-order valence-electron chi connectivity index (χ2n) is 17.4.